The van der Waals surface area contributed by atoms with Crippen molar-refractivity contribution >= 4 is 23.2 Å². The Morgan fingerprint density at radius 2 is 1.95 bits per heavy atom. The van der Waals surface area contributed by atoms with Crippen molar-refractivity contribution in [3.8, 4) is 5.75 Å². The van der Waals surface area contributed by atoms with Gasteiger partial charge in [0.15, 0.2) is 5.78 Å². The minimum atomic E-state index is -2.86. The van der Waals surface area contributed by atoms with E-state index in [1.54, 1.807) is 17.4 Å². The molecule has 0 radical (unpaired) electrons. The number of hydrogen-bond donors (Lipinski definition) is 0. The fourth-order valence-electron chi connectivity index (χ4n) is 1.60. The molecule has 0 spiro atoms. The lowest BCUT2D eigenvalue weighted by Crippen LogP contribution is -2.02. The molecule has 2 rings (SSSR count). The van der Waals surface area contributed by atoms with Gasteiger partial charge in [0.05, 0.1) is 0 Å². The molecule has 0 aliphatic carbocycles. The van der Waals surface area contributed by atoms with Gasteiger partial charge in [-0.15, -0.1) is 11.3 Å². The highest BCUT2D eigenvalue weighted by Gasteiger charge is 2.06. The number of carbonyl (C=O) groups excluding carboxylic acids is 1. The highest BCUT2D eigenvalue weighted by Crippen LogP contribution is 2.18. The summed E-state index contributed by atoms with van der Waals surface area (Å²) in [4.78, 5) is 12.9. The highest BCUT2D eigenvalue weighted by atomic mass is 32.1. The number of ether oxygens (including phenoxy) is 1. The molecule has 104 valence electrons. The van der Waals surface area contributed by atoms with Crippen molar-refractivity contribution in [2.45, 2.75) is 13.5 Å². The van der Waals surface area contributed by atoms with E-state index in [0.717, 1.165) is 10.4 Å². The first kappa shape index (κ1) is 14.4. The predicted octanol–water partition coefficient (Wildman–Crippen LogP) is 4.55. The van der Waals surface area contributed by atoms with Crippen LogP contribution in [0.3, 0.4) is 0 Å². The summed E-state index contributed by atoms with van der Waals surface area (Å²) in [5.41, 5.74) is 1.54. The number of ketones is 1. The summed E-state index contributed by atoms with van der Waals surface area (Å²) >= 11 is 1.55. The molecule has 5 heteroatoms. The fourth-order valence-corrected chi connectivity index (χ4v) is 2.42. The van der Waals surface area contributed by atoms with Gasteiger partial charge in [0.25, 0.3) is 0 Å². The number of aryl methyl sites for hydroxylation is 1. The molecule has 1 aromatic carbocycles. The summed E-state index contributed by atoms with van der Waals surface area (Å²) in [6, 6.07) is 7.61. The first-order chi connectivity index (χ1) is 9.56. The molecule has 20 heavy (non-hydrogen) atoms. The Bertz CT molecular complexity index is 615. The van der Waals surface area contributed by atoms with E-state index in [1.807, 2.05) is 18.4 Å². The highest BCUT2D eigenvalue weighted by molar-refractivity contribution is 7.11. The van der Waals surface area contributed by atoms with Gasteiger partial charge in [-0.3, -0.25) is 4.79 Å². The number of allylic oxidation sites excluding steroid dienone is 1. The number of benzene rings is 1. The van der Waals surface area contributed by atoms with Crippen LogP contribution >= 0.6 is 11.3 Å². The number of carbonyl (C=O) groups is 1. The van der Waals surface area contributed by atoms with E-state index in [-0.39, 0.29) is 11.5 Å². The third-order valence-corrected chi connectivity index (χ3v) is 3.64. The lowest BCUT2D eigenvalue weighted by Gasteiger charge is -2.04. The van der Waals surface area contributed by atoms with E-state index in [9.17, 15) is 13.6 Å². The maximum atomic E-state index is 12.0. The Hall–Kier alpha value is -2.01. The van der Waals surface area contributed by atoms with Crippen LogP contribution in [0, 0.1) is 6.92 Å². The largest absolute Gasteiger partial charge is 0.435 e. The Morgan fingerprint density at radius 3 is 2.50 bits per heavy atom. The molecule has 0 N–H and O–H groups in total. The lowest BCUT2D eigenvalue weighted by atomic mass is 10.1. The van der Waals surface area contributed by atoms with Crippen LogP contribution in [0.25, 0.3) is 6.08 Å². The van der Waals surface area contributed by atoms with E-state index in [1.165, 1.54) is 30.3 Å². The molecule has 0 atom stereocenters. The Morgan fingerprint density at radius 1 is 1.25 bits per heavy atom. The third-order valence-electron chi connectivity index (χ3n) is 2.65. The van der Waals surface area contributed by atoms with Crippen molar-refractivity contribution in [2.24, 2.45) is 0 Å². The third kappa shape index (κ3) is 3.74. The second-order valence-corrected chi connectivity index (χ2v) is 5.02. The van der Waals surface area contributed by atoms with Crippen molar-refractivity contribution in [2.75, 3.05) is 0 Å². The van der Waals surface area contributed by atoms with Gasteiger partial charge in [-0.25, -0.2) is 0 Å². The number of rotatable bonds is 5. The average molecular weight is 294 g/mol. The normalized spacial score (nSPS) is 11.2. The Labute approximate surface area is 119 Å². The first-order valence-corrected chi connectivity index (χ1v) is 6.75. The molecule has 0 amide bonds. The van der Waals surface area contributed by atoms with Crippen LogP contribution < -0.4 is 4.74 Å². The van der Waals surface area contributed by atoms with Crippen LogP contribution in [-0.4, -0.2) is 12.4 Å². The van der Waals surface area contributed by atoms with Crippen LogP contribution in [0.5, 0.6) is 5.75 Å². The zero-order valence-corrected chi connectivity index (χ0v) is 11.5. The van der Waals surface area contributed by atoms with Gasteiger partial charge in [0, 0.05) is 10.4 Å². The Balaban J connectivity index is 2.06. The Kier molecular flexibility index (Phi) is 4.63. The fraction of sp³-hybridized carbons (Fsp3) is 0.133. The second-order valence-electron chi connectivity index (χ2n) is 4.07. The molecule has 1 heterocycles. The molecule has 1 aromatic heterocycles. The van der Waals surface area contributed by atoms with E-state index >= 15 is 0 Å². The van der Waals surface area contributed by atoms with Crippen LogP contribution in [0.2, 0.25) is 0 Å². The number of halogens is 2. The molecular formula is C15H12F2O2S. The topological polar surface area (TPSA) is 26.3 Å². The zero-order chi connectivity index (χ0) is 14.5. The van der Waals surface area contributed by atoms with Gasteiger partial charge in [0.2, 0.25) is 0 Å². The van der Waals surface area contributed by atoms with Gasteiger partial charge >= 0.3 is 6.61 Å². The second kappa shape index (κ2) is 6.43. The van der Waals surface area contributed by atoms with Gasteiger partial charge in [-0.1, -0.05) is 0 Å². The zero-order valence-electron chi connectivity index (χ0n) is 10.7. The minimum Gasteiger partial charge on any atom is -0.435 e. The van der Waals surface area contributed by atoms with Crippen molar-refractivity contribution in [1.82, 2.24) is 0 Å². The SMILES string of the molecule is Cc1ccsc1C=CC(=O)c1ccc(OC(F)F)cc1. The quantitative estimate of drug-likeness (QED) is 0.597. The minimum absolute atomic E-state index is 0.0367. The average Bonchev–Trinajstić information content (AvgIpc) is 2.82. The summed E-state index contributed by atoms with van der Waals surface area (Å²) in [6.45, 7) is -0.893. The van der Waals surface area contributed by atoms with Gasteiger partial charge < -0.3 is 4.74 Å². The molecule has 2 aromatic rings. The lowest BCUT2D eigenvalue weighted by molar-refractivity contribution is -0.0498. The van der Waals surface area contributed by atoms with E-state index in [0.29, 0.717) is 5.56 Å². The summed E-state index contributed by atoms with van der Waals surface area (Å²) in [5, 5.41) is 1.95. The standard InChI is InChI=1S/C15H12F2O2S/c1-10-8-9-20-14(10)7-6-13(18)11-2-4-12(5-3-11)19-15(16)17/h2-9,15H,1H3. The molecule has 0 saturated heterocycles. The van der Waals surface area contributed by atoms with E-state index in [4.69, 9.17) is 0 Å². The predicted molar refractivity (Wildman–Crippen MR) is 75.5 cm³/mol. The molecule has 2 nitrogen and oxygen atoms in total. The van der Waals surface area contributed by atoms with E-state index < -0.39 is 6.61 Å². The number of hydrogen-bond acceptors (Lipinski definition) is 3. The molecule has 0 bridgehead atoms. The van der Waals surface area contributed by atoms with Crippen molar-refractivity contribution in [3.05, 3.63) is 57.8 Å². The van der Waals surface area contributed by atoms with Gasteiger partial charge in [0.1, 0.15) is 5.75 Å². The van der Waals surface area contributed by atoms with Crippen molar-refractivity contribution in [3.63, 3.8) is 0 Å². The van der Waals surface area contributed by atoms with Crippen LogP contribution in [0.4, 0.5) is 8.78 Å². The molecular weight excluding hydrogens is 282 g/mol. The van der Waals surface area contributed by atoms with E-state index in [2.05, 4.69) is 4.74 Å². The van der Waals surface area contributed by atoms with Crippen LogP contribution in [0.15, 0.2) is 41.8 Å². The summed E-state index contributed by atoms with van der Waals surface area (Å²) in [6.07, 6.45) is 3.23. The van der Waals surface area contributed by atoms with Crippen LogP contribution in [-0.2, 0) is 0 Å². The van der Waals surface area contributed by atoms with Gasteiger partial charge in [-0.05, 0) is 60.4 Å². The molecule has 0 fully saturated rings. The molecule has 0 aliphatic heterocycles. The van der Waals surface area contributed by atoms with Crippen molar-refractivity contribution in [1.29, 1.82) is 0 Å². The molecule has 0 saturated carbocycles. The van der Waals surface area contributed by atoms with Crippen LogP contribution in [0.1, 0.15) is 20.8 Å². The summed E-state index contributed by atoms with van der Waals surface area (Å²) in [5.74, 6) is -0.143. The summed E-state index contributed by atoms with van der Waals surface area (Å²) in [7, 11) is 0. The molecule has 0 unspecified atom stereocenters. The van der Waals surface area contributed by atoms with Crippen molar-refractivity contribution < 1.29 is 18.3 Å². The first-order valence-electron chi connectivity index (χ1n) is 5.87. The van der Waals surface area contributed by atoms with Gasteiger partial charge in [-0.2, -0.15) is 8.78 Å². The molecule has 0 aliphatic rings. The number of alkyl halides is 2. The smallest absolute Gasteiger partial charge is 0.387 e. The number of thiophene rings is 1. The summed E-state index contributed by atoms with van der Waals surface area (Å²) < 4.78 is 28.2. The maximum Gasteiger partial charge on any atom is 0.387 e. The monoisotopic (exact) mass is 294 g/mol. The maximum absolute atomic E-state index is 12.0.